The van der Waals surface area contributed by atoms with Gasteiger partial charge in [0.05, 0.1) is 12.2 Å². The van der Waals surface area contributed by atoms with Gasteiger partial charge in [0, 0.05) is 18.8 Å². The van der Waals surface area contributed by atoms with Gasteiger partial charge in [0.1, 0.15) is 5.82 Å². The summed E-state index contributed by atoms with van der Waals surface area (Å²) >= 11 is 0. The Morgan fingerprint density at radius 3 is 2.57 bits per heavy atom. The van der Waals surface area contributed by atoms with Crippen molar-refractivity contribution in [2.24, 2.45) is 12.8 Å². The number of aryl methyl sites for hydroxylation is 1. The molecule has 0 unspecified atom stereocenters. The average molecular weight is 318 g/mol. The molecular weight excluding hydrogens is 295 g/mol. The summed E-state index contributed by atoms with van der Waals surface area (Å²) in [6, 6.07) is 5.65. The van der Waals surface area contributed by atoms with E-state index in [-0.39, 0.29) is 11.7 Å². The molecule has 6 heteroatoms. The predicted molar refractivity (Wildman–Crippen MR) is 87.2 cm³/mol. The first-order chi connectivity index (χ1) is 10.7. The molecule has 1 aromatic heterocycles. The maximum atomic E-state index is 13.0. The van der Waals surface area contributed by atoms with Crippen LogP contribution >= 0.6 is 0 Å². The minimum atomic E-state index is -0.633. The molecule has 1 atom stereocenters. The van der Waals surface area contributed by atoms with E-state index in [0.29, 0.717) is 12.8 Å². The van der Waals surface area contributed by atoms with Gasteiger partial charge >= 0.3 is 0 Å². The van der Waals surface area contributed by atoms with Gasteiger partial charge in [-0.05, 0) is 49.9 Å². The van der Waals surface area contributed by atoms with Crippen LogP contribution in [0, 0.1) is 5.82 Å². The summed E-state index contributed by atoms with van der Waals surface area (Å²) in [5, 5.41) is 7.03. The van der Waals surface area contributed by atoms with E-state index in [1.807, 2.05) is 27.1 Å². The van der Waals surface area contributed by atoms with Crippen molar-refractivity contribution in [2.75, 3.05) is 0 Å². The highest BCUT2D eigenvalue weighted by Crippen LogP contribution is 2.14. The number of amides is 1. The van der Waals surface area contributed by atoms with Crippen molar-refractivity contribution in [1.82, 2.24) is 15.1 Å². The van der Waals surface area contributed by atoms with Gasteiger partial charge in [-0.25, -0.2) is 4.39 Å². The van der Waals surface area contributed by atoms with Crippen LogP contribution in [0.1, 0.15) is 25.0 Å². The molecule has 1 amide bonds. The fraction of sp³-hybridized carbons (Fsp3) is 0.412. The third-order valence-electron chi connectivity index (χ3n) is 3.57. The Morgan fingerprint density at radius 1 is 1.35 bits per heavy atom. The van der Waals surface area contributed by atoms with Gasteiger partial charge in [-0.1, -0.05) is 12.1 Å². The minimum Gasteiger partial charge on any atom is -0.350 e. The molecule has 0 fully saturated rings. The Bertz CT molecular complexity index is 663. The molecule has 0 radical (unpaired) electrons. The van der Waals surface area contributed by atoms with E-state index in [4.69, 9.17) is 5.73 Å². The molecule has 5 nitrogen and oxygen atoms in total. The van der Waals surface area contributed by atoms with Crippen molar-refractivity contribution in [3.05, 3.63) is 53.6 Å². The van der Waals surface area contributed by atoms with E-state index in [9.17, 15) is 9.18 Å². The van der Waals surface area contributed by atoms with Crippen molar-refractivity contribution in [3.63, 3.8) is 0 Å². The summed E-state index contributed by atoms with van der Waals surface area (Å²) in [7, 11) is 1.82. The summed E-state index contributed by atoms with van der Waals surface area (Å²) in [5.41, 5.74) is 7.39. The van der Waals surface area contributed by atoms with Crippen molar-refractivity contribution < 1.29 is 9.18 Å². The van der Waals surface area contributed by atoms with Gasteiger partial charge in [0.25, 0.3) is 0 Å². The van der Waals surface area contributed by atoms with Crippen LogP contribution in [0.2, 0.25) is 0 Å². The highest BCUT2D eigenvalue weighted by atomic mass is 19.1. The van der Waals surface area contributed by atoms with E-state index in [1.54, 1.807) is 23.0 Å². The number of halogens is 1. The van der Waals surface area contributed by atoms with Crippen molar-refractivity contribution in [1.29, 1.82) is 0 Å². The molecular formula is C17H23FN4O. The number of nitrogens with two attached hydrogens (primary N) is 1. The largest absolute Gasteiger partial charge is 0.350 e. The number of hydrogen-bond donors (Lipinski definition) is 2. The normalized spacial score (nSPS) is 12.9. The Hall–Kier alpha value is -2.21. The number of carbonyl (C=O) groups excluding carboxylic acids is 1. The van der Waals surface area contributed by atoms with Crippen molar-refractivity contribution in [3.8, 4) is 0 Å². The third-order valence-corrected chi connectivity index (χ3v) is 3.57. The van der Waals surface area contributed by atoms with Crippen LogP contribution in [-0.4, -0.2) is 27.3 Å². The smallest absolute Gasteiger partial charge is 0.237 e. The van der Waals surface area contributed by atoms with E-state index in [1.165, 1.54) is 12.1 Å². The van der Waals surface area contributed by atoms with Gasteiger partial charge in [0.15, 0.2) is 0 Å². The number of rotatable bonds is 6. The van der Waals surface area contributed by atoms with Crippen LogP contribution < -0.4 is 11.1 Å². The fourth-order valence-electron chi connectivity index (χ4n) is 2.51. The lowest BCUT2D eigenvalue weighted by Gasteiger charge is -2.28. The molecule has 0 saturated heterocycles. The molecule has 124 valence electrons. The summed E-state index contributed by atoms with van der Waals surface area (Å²) in [6.07, 6.45) is 4.58. The SMILES string of the molecule is Cn1cc(C[C@@H](N)C(=O)NC(C)(C)Cc2ccc(F)cc2)cn1. The Balaban J connectivity index is 1.92. The van der Waals surface area contributed by atoms with Gasteiger partial charge < -0.3 is 11.1 Å². The summed E-state index contributed by atoms with van der Waals surface area (Å²) < 4.78 is 14.6. The second kappa shape index (κ2) is 6.91. The average Bonchev–Trinajstić information content (AvgIpc) is 2.86. The van der Waals surface area contributed by atoms with E-state index in [2.05, 4.69) is 10.4 Å². The molecule has 0 saturated carbocycles. The number of carbonyl (C=O) groups is 1. The van der Waals surface area contributed by atoms with E-state index in [0.717, 1.165) is 11.1 Å². The minimum absolute atomic E-state index is 0.207. The van der Waals surface area contributed by atoms with Crippen LogP contribution in [0.15, 0.2) is 36.7 Å². The number of benzene rings is 1. The highest BCUT2D eigenvalue weighted by molar-refractivity contribution is 5.82. The fourth-order valence-corrected chi connectivity index (χ4v) is 2.51. The van der Waals surface area contributed by atoms with Crippen LogP contribution in [0.4, 0.5) is 4.39 Å². The zero-order valence-corrected chi connectivity index (χ0v) is 13.7. The van der Waals surface area contributed by atoms with Crippen LogP contribution in [0.5, 0.6) is 0 Å². The standard InChI is InChI=1S/C17H23FN4O/c1-17(2,9-12-4-6-14(18)7-5-12)21-16(23)15(19)8-13-10-20-22(3)11-13/h4-7,10-11,15H,8-9,19H2,1-3H3,(H,21,23)/t15-/m1/s1. The molecule has 0 aliphatic carbocycles. The van der Waals surface area contributed by atoms with Crippen molar-refractivity contribution in [2.45, 2.75) is 38.3 Å². The third kappa shape index (κ3) is 5.17. The Kier molecular flexibility index (Phi) is 5.15. The number of aromatic nitrogens is 2. The summed E-state index contributed by atoms with van der Waals surface area (Å²) in [4.78, 5) is 12.3. The molecule has 2 aromatic rings. The lowest BCUT2D eigenvalue weighted by atomic mass is 9.94. The molecule has 0 aliphatic heterocycles. The Morgan fingerprint density at radius 2 is 2.00 bits per heavy atom. The molecule has 1 heterocycles. The second-order valence-corrected chi connectivity index (χ2v) is 6.51. The van der Waals surface area contributed by atoms with Gasteiger partial charge in [-0.3, -0.25) is 9.48 Å². The second-order valence-electron chi connectivity index (χ2n) is 6.51. The van der Waals surface area contributed by atoms with Gasteiger partial charge in [-0.2, -0.15) is 5.10 Å². The molecule has 1 aromatic carbocycles. The van der Waals surface area contributed by atoms with Gasteiger partial charge in [-0.15, -0.1) is 0 Å². The Labute approximate surface area is 135 Å². The first kappa shape index (κ1) is 17.1. The highest BCUT2D eigenvalue weighted by Gasteiger charge is 2.24. The maximum Gasteiger partial charge on any atom is 0.237 e. The van der Waals surface area contributed by atoms with Crippen LogP contribution in [0.25, 0.3) is 0 Å². The van der Waals surface area contributed by atoms with E-state index >= 15 is 0 Å². The molecule has 2 rings (SSSR count). The maximum absolute atomic E-state index is 13.0. The van der Waals surface area contributed by atoms with Gasteiger partial charge in [0.2, 0.25) is 5.91 Å². The van der Waals surface area contributed by atoms with Crippen LogP contribution in [0.3, 0.4) is 0 Å². The molecule has 0 spiro atoms. The number of nitrogens with zero attached hydrogens (tertiary/aromatic N) is 2. The first-order valence-electron chi connectivity index (χ1n) is 7.55. The first-order valence-corrected chi connectivity index (χ1v) is 7.55. The summed E-state index contributed by atoms with van der Waals surface area (Å²) in [6.45, 7) is 3.84. The number of hydrogen-bond acceptors (Lipinski definition) is 3. The van der Waals surface area contributed by atoms with Crippen molar-refractivity contribution >= 4 is 5.91 Å². The lowest BCUT2D eigenvalue weighted by Crippen LogP contribution is -2.52. The lowest BCUT2D eigenvalue weighted by molar-refractivity contribution is -0.123. The number of nitrogens with one attached hydrogen (secondary N) is 1. The molecule has 0 aliphatic rings. The summed E-state index contributed by atoms with van der Waals surface area (Å²) in [5.74, 6) is -0.477. The molecule has 23 heavy (non-hydrogen) atoms. The molecule has 3 N–H and O–H groups in total. The monoisotopic (exact) mass is 318 g/mol. The van der Waals surface area contributed by atoms with Crippen LogP contribution in [-0.2, 0) is 24.7 Å². The zero-order valence-electron chi connectivity index (χ0n) is 13.7. The quantitative estimate of drug-likeness (QED) is 0.849. The molecule has 0 bridgehead atoms. The zero-order chi connectivity index (χ0) is 17.0. The predicted octanol–water partition coefficient (Wildman–Crippen LogP) is 1.57. The topological polar surface area (TPSA) is 72.9 Å². The van der Waals surface area contributed by atoms with E-state index < -0.39 is 11.6 Å².